The van der Waals surface area contributed by atoms with Gasteiger partial charge in [0.2, 0.25) is 5.91 Å². The molecule has 0 fully saturated rings. The van der Waals surface area contributed by atoms with E-state index < -0.39 is 22.5 Å². The zero-order valence-electron chi connectivity index (χ0n) is 20.0. The molecule has 1 amide bonds. The fraction of sp³-hybridized carbons (Fsp3) is 0.107. The predicted octanol–water partition coefficient (Wildman–Crippen LogP) is 6.47. The molecule has 4 aromatic carbocycles. The number of benzene rings is 4. The first-order valence-corrected chi connectivity index (χ1v) is 14.1. The molecule has 0 unspecified atom stereocenters. The number of hydrogen-bond donors (Lipinski definition) is 1. The third kappa shape index (κ3) is 6.85. The highest BCUT2D eigenvalue weighted by molar-refractivity contribution is 7.98. The van der Waals surface area contributed by atoms with Crippen LogP contribution < -0.4 is 14.4 Å². The van der Waals surface area contributed by atoms with E-state index >= 15 is 0 Å². The zero-order chi connectivity index (χ0) is 26.3. The van der Waals surface area contributed by atoms with Gasteiger partial charge in [-0.05, 0) is 60.2 Å². The molecule has 0 aliphatic heterocycles. The van der Waals surface area contributed by atoms with Gasteiger partial charge in [0.25, 0.3) is 10.0 Å². The van der Waals surface area contributed by atoms with Gasteiger partial charge in [-0.3, -0.25) is 9.10 Å². The van der Waals surface area contributed by atoms with E-state index in [0.717, 1.165) is 15.6 Å². The number of carbonyl (C=O) groups excluding carboxylic acids is 1. The Labute approximate surface area is 226 Å². The number of halogens is 1. The van der Waals surface area contributed by atoms with Crippen LogP contribution in [0.1, 0.15) is 5.56 Å². The van der Waals surface area contributed by atoms with E-state index in [1.54, 1.807) is 54.2 Å². The quantitative estimate of drug-likeness (QED) is 0.228. The normalized spacial score (nSPS) is 11.1. The van der Waals surface area contributed by atoms with E-state index in [4.69, 9.17) is 16.3 Å². The number of rotatable bonds is 10. The molecule has 0 heterocycles. The molecule has 4 aromatic rings. The number of methoxy groups -OCH3 is 1. The van der Waals surface area contributed by atoms with Crippen molar-refractivity contribution >= 4 is 50.7 Å². The summed E-state index contributed by atoms with van der Waals surface area (Å²) in [5.41, 5.74) is 1.93. The Morgan fingerprint density at radius 3 is 2.19 bits per heavy atom. The lowest BCUT2D eigenvalue weighted by molar-refractivity contribution is -0.114. The highest BCUT2D eigenvalue weighted by Crippen LogP contribution is 2.32. The average molecular weight is 553 g/mol. The van der Waals surface area contributed by atoms with Gasteiger partial charge in [0.05, 0.1) is 22.7 Å². The Kier molecular flexibility index (Phi) is 8.76. The lowest BCUT2D eigenvalue weighted by Gasteiger charge is -2.24. The molecule has 0 saturated heterocycles. The van der Waals surface area contributed by atoms with Gasteiger partial charge in [-0.1, -0.05) is 60.1 Å². The van der Waals surface area contributed by atoms with Crippen molar-refractivity contribution in [3.8, 4) is 5.75 Å². The van der Waals surface area contributed by atoms with Crippen LogP contribution in [0.3, 0.4) is 0 Å². The molecule has 37 heavy (non-hydrogen) atoms. The lowest BCUT2D eigenvalue weighted by Crippen LogP contribution is -2.38. The second kappa shape index (κ2) is 12.2. The third-order valence-corrected chi connectivity index (χ3v) is 8.59. The first kappa shape index (κ1) is 26.6. The monoisotopic (exact) mass is 552 g/mol. The maximum atomic E-state index is 13.5. The van der Waals surface area contributed by atoms with Crippen LogP contribution in [0.5, 0.6) is 5.75 Å². The van der Waals surface area contributed by atoms with Crippen molar-refractivity contribution in [2.75, 3.05) is 23.3 Å². The Bertz CT molecular complexity index is 1450. The van der Waals surface area contributed by atoms with Crippen molar-refractivity contribution in [3.05, 3.63) is 114 Å². The topological polar surface area (TPSA) is 75.7 Å². The number of ether oxygens (including phenoxy) is 1. The molecule has 4 rings (SSSR count). The molecule has 0 bridgehead atoms. The van der Waals surface area contributed by atoms with Gasteiger partial charge in [0, 0.05) is 16.3 Å². The van der Waals surface area contributed by atoms with E-state index in [2.05, 4.69) is 17.4 Å². The minimum Gasteiger partial charge on any atom is -0.495 e. The van der Waals surface area contributed by atoms with E-state index in [0.29, 0.717) is 11.4 Å². The summed E-state index contributed by atoms with van der Waals surface area (Å²) in [6, 6.07) is 30.1. The molecule has 0 saturated carbocycles. The fourth-order valence-corrected chi connectivity index (χ4v) is 6.10. The van der Waals surface area contributed by atoms with E-state index in [-0.39, 0.29) is 15.6 Å². The largest absolute Gasteiger partial charge is 0.495 e. The second-order valence-corrected chi connectivity index (χ2v) is 11.3. The van der Waals surface area contributed by atoms with E-state index in [9.17, 15) is 13.2 Å². The molecule has 190 valence electrons. The fourth-order valence-electron chi connectivity index (χ4n) is 3.54. The number of hydrogen-bond acceptors (Lipinski definition) is 5. The summed E-state index contributed by atoms with van der Waals surface area (Å²) < 4.78 is 33.2. The van der Waals surface area contributed by atoms with Crippen LogP contribution in [-0.4, -0.2) is 28.0 Å². The Hall–Kier alpha value is -3.46. The molecule has 0 aliphatic rings. The first-order valence-electron chi connectivity index (χ1n) is 11.3. The van der Waals surface area contributed by atoms with Gasteiger partial charge in [-0.2, -0.15) is 0 Å². The predicted molar refractivity (Wildman–Crippen MR) is 150 cm³/mol. The summed E-state index contributed by atoms with van der Waals surface area (Å²) in [5, 5.41) is 3.03. The van der Waals surface area contributed by atoms with Gasteiger partial charge in [-0.25, -0.2) is 8.42 Å². The first-order chi connectivity index (χ1) is 17.9. The number of nitrogens with zero attached hydrogens (tertiary/aromatic N) is 1. The Morgan fingerprint density at radius 1 is 0.919 bits per heavy atom. The van der Waals surface area contributed by atoms with Crippen LogP contribution in [0.2, 0.25) is 5.02 Å². The van der Waals surface area contributed by atoms with Crippen LogP contribution in [0.25, 0.3) is 0 Å². The summed E-state index contributed by atoms with van der Waals surface area (Å²) in [4.78, 5) is 14.2. The van der Waals surface area contributed by atoms with Crippen LogP contribution in [0.4, 0.5) is 11.4 Å². The smallest absolute Gasteiger partial charge is 0.264 e. The maximum absolute atomic E-state index is 13.5. The van der Waals surface area contributed by atoms with Crippen molar-refractivity contribution in [2.24, 2.45) is 0 Å². The third-order valence-electron chi connectivity index (χ3n) is 5.43. The minimum absolute atomic E-state index is 0.0648. The van der Waals surface area contributed by atoms with Gasteiger partial charge in [0.15, 0.2) is 0 Å². The molecule has 0 aromatic heterocycles. The summed E-state index contributed by atoms with van der Waals surface area (Å²) in [6.45, 7) is -0.439. The number of amides is 1. The highest BCUT2D eigenvalue weighted by Gasteiger charge is 2.27. The summed E-state index contributed by atoms with van der Waals surface area (Å²) in [7, 11) is -2.58. The van der Waals surface area contributed by atoms with Crippen LogP contribution in [0, 0.1) is 0 Å². The summed E-state index contributed by atoms with van der Waals surface area (Å²) >= 11 is 7.99. The van der Waals surface area contributed by atoms with Crippen molar-refractivity contribution in [3.63, 3.8) is 0 Å². The van der Waals surface area contributed by atoms with Gasteiger partial charge < -0.3 is 10.1 Å². The standard InChI is InChI=1S/C28H25ClN2O4S2/c1-35-27-17-16-23(18-26(27)29)31(37(33,34)25-10-6-3-7-11-25)19-28(32)30-22-14-12-21(13-15-22)20-36-24-8-4-2-5-9-24/h2-18H,19-20H2,1H3,(H,30,32). The average Bonchev–Trinajstić information content (AvgIpc) is 2.92. The van der Waals surface area contributed by atoms with Crippen LogP contribution in [-0.2, 0) is 20.6 Å². The molecular formula is C28H25ClN2O4S2. The number of sulfonamides is 1. The molecule has 1 N–H and O–H groups in total. The maximum Gasteiger partial charge on any atom is 0.264 e. The lowest BCUT2D eigenvalue weighted by atomic mass is 10.2. The molecule has 9 heteroatoms. The zero-order valence-corrected chi connectivity index (χ0v) is 22.4. The molecule has 0 spiro atoms. The van der Waals surface area contributed by atoms with Crippen molar-refractivity contribution in [1.29, 1.82) is 0 Å². The van der Waals surface area contributed by atoms with Gasteiger partial charge in [0.1, 0.15) is 12.3 Å². The second-order valence-electron chi connectivity index (χ2n) is 7.99. The van der Waals surface area contributed by atoms with Gasteiger partial charge in [-0.15, -0.1) is 11.8 Å². The van der Waals surface area contributed by atoms with Crippen LogP contribution in [0.15, 0.2) is 113 Å². The van der Waals surface area contributed by atoms with Crippen molar-refractivity contribution in [1.82, 2.24) is 0 Å². The number of thioether (sulfide) groups is 1. The highest BCUT2D eigenvalue weighted by atomic mass is 35.5. The number of nitrogens with one attached hydrogen (secondary N) is 1. The minimum atomic E-state index is -4.05. The molecule has 0 atom stereocenters. The van der Waals surface area contributed by atoms with Crippen molar-refractivity contribution in [2.45, 2.75) is 15.5 Å². The van der Waals surface area contributed by atoms with Crippen LogP contribution >= 0.6 is 23.4 Å². The molecule has 6 nitrogen and oxygen atoms in total. The molecular weight excluding hydrogens is 528 g/mol. The summed E-state index contributed by atoms with van der Waals surface area (Å²) in [5.74, 6) is 0.704. The van der Waals surface area contributed by atoms with E-state index in [1.807, 2.05) is 30.3 Å². The molecule has 0 radical (unpaired) electrons. The molecule has 0 aliphatic carbocycles. The number of anilines is 2. The number of carbonyl (C=O) groups is 1. The van der Waals surface area contributed by atoms with Crippen molar-refractivity contribution < 1.29 is 17.9 Å². The van der Waals surface area contributed by atoms with Gasteiger partial charge >= 0.3 is 0 Å². The van der Waals surface area contributed by atoms with E-state index in [1.165, 1.54) is 30.2 Å². The summed E-state index contributed by atoms with van der Waals surface area (Å²) in [6.07, 6.45) is 0. The SMILES string of the molecule is COc1ccc(N(CC(=O)Nc2ccc(CSc3ccccc3)cc2)S(=O)(=O)c2ccccc2)cc1Cl. The Morgan fingerprint density at radius 2 is 1.57 bits per heavy atom. The Balaban J connectivity index is 1.50.